The number of likely N-dealkylation sites (tertiary alicyclic amines) is 1. The fourth-order valence-corrected chi connectivity index (χ4v) is 3.86. The summed E-state index contributed by atoms with van der Waals surface area (Å²) in [6.45, 7) is 6.82. The van der Waals surface area contributed by atoms with Gasteiger partial charge in [0.15, 0.2) is 11.5 Å². The summed E-state index contributed by atoms with van der Waals surface area (Å²) in [5, 5.41) is 3.08. The van der Waals surface area contributed by atoms with Crippen LogP contribution >= 0.6 is 0 Å². The maximum absolute atomic E-state index is 12.4. The summed E-state index contributed by atoms with van der Waals surface area (Å²) in [4.78, 5) is 14.8. The summed E-state index contributed by atoms with van der Waals surface area (Å²) in [5.74, 6) is 1.87. The van der Waals surface area contributed by atoms with Crippen LogP contribution in [0.2, 0.25) is 0 Å². The zero-order valence-electron chi connectivity index (χ0n) is 16.5. The monoisotopic (exact) mass is 376 g/mol. The lowest BCUT2D eigenvalue weighted by atomic mass is 9.95. The van der Waals surface area contributed by atoms with Crippen LogP contribution < -0.4 is 14.8 Å². The van der Waals surface area contributed by atoms with Crippen molar-refractivity contribution in [3.05, 3.63) is 23.8 Å². The van der Waals surface area contributed by atoms with E-state index in [0.29, 0.717) is 13.2 Å². The fraction of sp³-hybridized carbons (Fsp3) is 0.667. The predicted octanol–water partition coefficient (Wildman–Crippen LogP) is 2.60. The molecule has 3 rings (SSSR count). The molecule has 2 saturated heterocycles. The molecule has 0 radical (unpaired) electrons. The van der Waals surface area contributed by atoms with Crippen molar-refractivity contribution < 1.29 is 19.0 Å². The number of carbonyl (C=O) groups excluding carboxylic acids is 1. The highest BCUT2D eigenvalue weighted by Gasteiger charge is 2.26. The molecule has 2 heterocycles. The number of hydrogen-bond acceptors (Lipinski definition) is 5. The molecule has 27 heavy (non-hydrogen) atoms. The van der Waals surface area contributed by atoms with Crippen LogP contribution in [0.15, 0.2) is 18.2 Å². The summed E-state index contributed by atoms with van der Waals surface area (Å²) in [7, 11) is 1.67. The minimum Gasteiger partial charge on any atom is -0.493 e. The molecule has 2 aliphatic rings. The molecule has 0 unspecified atom stereocenters. The molecule has 1 atom stereocenters. The number of piperidine rings is 1. The van der Waals surface area contributed by atoms with Gasteiger partial charge in [-0.25, -0.2) is 0 Å². The normalized spacial score (nSPS) is 21.2. The molecule has 2 fully saturated rings. The van der Waals surface area contributed by atoms with E-state index < -0.39 is 0 Å². The maximum Gasteiger partial charge on any atom is 0.223 e. The Hall–Kier alpha value is -1.79. The molecule has 0 bridgehead atoms. The molecule has 6 nitrogen and oxygen atoms in total. The number of rotatable bonds is 8. The van der Waals surface area contributed by atoms with Crippen molar-refractivity contribution in [3.8, 4) is 11.5 Å². The van der Waals surface area contributed by atoms with Crippen molar-refractivity contribution in [1.29, 1.82) is 0 Å². The molecule has 0 saturated carbocycles. The van der Waals surface area contributed by atoms with Gasteiger partial charge in [-0.15, -0.1) is 0 Å². The van der Waals surface area contributed by atoms with Crippen molar-refractivity contribution in [1.82, 2.24) is 10.2 Å². The Kier molecular flexibility index (Phi) is 7.35. The average molecular weight is 376 g/mol. The molecule has 1 N–H and O–H groups in total. The van der Waals surface area contributed by atoms with E-state index in [1.54, 1.807) is 7.11 Å². The van der Waals surface area contributed by atoms with Gasteiger partial charge in [0.1, 0.15) is 0 Å². The van der Waals surface area contributed by atoms with Gasteiger partial charge in [-0.1, -0.05) is 6.07 Å². The van der Waals surface area contributed by atoms with Gasteiger partial charge in [0, 0.05) is 25.6 Å². The number of ether oxygens (including phenoxy) is 3. The van der Waals surface area contributed by atoms with Gasteiger partial charge in [-0.2, -0.15) is 0 Å². The molecule has 1 aromatic rings. The lowest BCUT2D eigenvalue weighted by molar-refractivity contribution is -0.127. The number of nitrogens with one attached hydrogen (secondary N) is 1. The Morgan fingerprint density at radius 2 is 2.07 bits per heavy atom. The molecule has 2 aliphatic heterocycles. The molecular formula is C21H32N2O4. The van der Waals surface area contributed by atoms with Gasteiger partial charge in [0.05, 0.1) is 19.8 Å². The predicted molar refractivity (Wildman–Crippen MR) is 104 cm³/mol. The van der Waals surface area contributed by atoms with E-state index in [4.69, 9.17) is 14.2 Å². The number of methoxy groups -OCH3 is 1. The van der Waals surface area contributed by atoms with Crippen LogP contribution in [0.3, 0.4) is 0 Å². The summed E-state index contributed by atoms with van der Waals surface area (Å²) < 4.78 is 16.6. The molecule has 6 heteroatoms. The standard InChI is InChI=1S/C21H32N2O4/c1-3-26-19-7-6-16(13-20(19)25-2)15-23-10-8-17(9-11-23)21(24)22-14-18-5-4-12-27-18/h6-7,13,17-18H,3-5,8-12,14-15H2,1-2H3,(H,22,24)/t18-/m1/s1. The second-order valence-corrected chi connectivity index (χ2v) is 7.35. The molecular weight excluding hydrogens is 344 g/mol. The summed E-state index contributed by atoms with van der Waals surface area (Å²) in [5.41, 5.74) is 1.21. The van der Waals surface area contributed by atoms with Crippen molar-refractivity contribution >= 4 is 5.91 Å². The van der Waals surface area contributed by atoms with Gasteiger partial charge >= 0.3 is 0 Å². The van der Waals surface area contributed by atoms with Crippen LogP contribution in [-0.4, -0.2) is 56.9 Å². The Morgan fingerprint density at radius 3 is 2.74 bits per heavy atom. The number of carbonyl (C=O) groups is 1. The zero-order chi connectivity index (χ0) is 19.1. The zero-order valence-corrected chi connectivity index (χ0v) is 16.5. The Bertz CT molecular complexity index is 608. The van der Waals surface area contributed by atoms with Crippen molar-refractivity contribution in [2.75, 3.05) is 40.0 Å². The van der Waals surface area contributed by atoms with Gasteiger partial charge in [0.25, 0.3) is 0 Å². The van der Waals surface area contributed by atoms with E-state index in [-0.39, 0.29) is 17.9 Å². The van der Waals surface area contributed by atoms with Gasteiger partial charge in [-0.05, 0) is 63.4 Å². The van der Waals surface area contributed by atoms with Crippen molar-refractivity contribution in [3.63, 3.8) is 0 Å². The summed E-state index contributed by atoms with van der Waals surface area (Å²) in [6, 6.07) is 6.11. The van der Waals surface area contributed by atoms with Crippen LogP contribution in [0, 0.1) is 5.92 Å². The molecule has 0 spiro atoms. The first kappa shape index (κ1) is 20.0. The first-order valence-electron chi connectivity index (χ1n) is 10.1. The van der Waals surface area contributed by atoms with Crippen LogP contribution in [0.4, 0.5) is 0 Å². The Balaban J connectivity index is 1.44. The molecule has 1 amide bonds. The minimum absolute atomic E-state index is 0.123. The van der Waals surface area contributed by atoms with Crippen LogP contribution in [0.5, 0.6) is 11.5 Å². The first-order chi connectivity index (χ1) is 13.2. The largest absolute Gasteiger partial charge is 0.493 e. The number of amides is 1. The maximum atomic E-state index is 12.4. The third kappa shape index (κ3) is 5.59. The van der Waals surface area contributed by atoms with Gasteiger partial charge < -0.3 is 19.5 Å². The second kappa shape index (κ2) is 9.95. The molecule has 1 aromatic carbocycles. The van der Waals surface area contributed by atoms with Crippen LogP contribution in [0.25, 0.3) is 0 Å². The summed E-state index contributed by atoms with van der Waals surface area (Å²) in [6.07, 6.45) is 4.19. The lowest BCUT2D eigenvalue weighted by Gasteiger charge is -2.31. The van der Waals surface area contributed by atoms with Crippen molar-refractivity contribution in [2.24, 2.45) is 5.92 Å². The third-order valence-corrected chi connectivity index (χ3v) is 5.42. The van der Waals surface area contributed by atoms with Crippen LogP contribution in [0.1, 0.15) is 38.2 Å². The van der Waals surface area contributed by atoms with Gasteiger partial charge in [0.2, 0.25) is 5.91 Å². The van der Waals surface area contributed by atoms with Crippen molar-refractivity contribution in [2.45, 2.75) is 45.3 Å². The van der Waals surface area contributed by atoms with E-state index in [1.165, 1.54) is 5.56 Å². The van der Waals surface area contributed by atoms with E-state index in [2.05, 4.69) is 16.3 Å². The SMILES string of the molecule is CCOc1ccc(CN2CCC(C(=O)NC[C@H]3CCCO3)CC2)cc1OC. The summed E-state index contributed by atoms with van der Waals surface area (Å²) >= 11 is 0. The number of nitrogens with zero attached hydrogens (tertiary/aromatic N) is 1. The van der Waals surface area contributed by atoms with Crippen LogP contribution in [-0.2, 0) is 16.1 Å². The average Bonchev–Trinajstić information content (AvgIpc) is 3.21. The fourth-order valence-electron chi connectivity index (χ4n) is 3.86. The molecule has 0 aliphatic carbocycles. The topological polar surface area (TPSA) is 60.0 Å². The smallest absolute Gasteiger partial charge is 0.223 e. The lowest BCUT2D eigenvalue weighted by Crippen LogP contribution is -2.42. The second-order valence-electron chi connectivity index (χ2n) is 7.35. The minimum atomic E-state index is 0.123. The third-order valence-electron chi connectivity index (χ3n) is 5.42. The number of hydrogen-bond donors (Lipinski definition) is 1. The highest BCUT2D eigenvalue weighted by Crippen LogP contribution is 2.29. The van der Waals surface area contributed by atoms with E-state index in [9.17, 15) is 4.79 Å². The molecule has 0 aromatic heterocycles. The molecule has 150 valence electrons. The van der Waals surface area contributed by atoms with E-state index in [0.717, 1.165) is 63.4 Å². The quantitative estimate of drug-likeness (QED) is 0.756. The first-order valence-corrected chi connectivity index (χ1v) is 10.1. The Morgan fingerprint density at radius 1 is 1.26 bits per heavy atom. The van der Waals surface area contributed by atoms with E-state index in [1.807, 2.05) is 19.1 Å². The highest BCUT2D eigenvalue weighted by atomic mass is 16.5. The Labute approximate surface area is 162 Å². The van der Waals surface area contributed by atoms with Gasteiger partial charge in [-0.3, -0.25) is 9.69 Å². The van der Waals surface area contributed by atoms with E-state index >= 15 is 0 Å². The highest BCUT2D eigenvalue weighted by molar-refractivity contribution is 5.78. The number of benzene rings is 1.